The Labute approximate surface area is 122 Å². The number of benzene rings is 1. The van der Waals surface area contributed by atoms with E-state index in [2.05, 4.69) is 29.2 Å². The van der Waals surface area contributed by atoms with Crippen molar-refractivity contribution in [1.82, 2.24) is 4.90 Å². The van der Waals surface area contributed by atoms with Gasteiger partial charge in [-0.2, -0.15) is 0 Å². The van der Waals surface area contributed by atoms with Crippen molar-refractivity contribution in [1.29, 1.82) is 0 Å². The molecule has 2 N–H and O–H groups in total. The van der Waals surface area contributed by atoms with E-state index >= 15 is 0 Å². The van der Waals surface area contributed by atoms with Gasteiger partial charge in [0.05, 0.1) is 0 Å². The average Bonchev–Trinajstić information content (AvgIpc) is 2.86. The SMILES string of the molecule is NCC1(N2CCCc3ccccc3C2)CCCOCC1. The number of hydrogen-bond donors (Lipinski definition) is 1. The zero-order chi connectivity index (χ0) is 13.8. The smallest absolute Gasteiger partial charge is 0.0484 e. The number of aryl methyl sites for hydroxylation is 1. The summed E-state index contributed by atoms with van der Waals surface area (Å²) in [5.41, 5.74) is 9.37. The van der Waals surface area contributed by atoms with Crippen molar-refractivity contribution in [2.75, 3.05) is 26.3 Å². The summed E-state index contributed by atoms with van der Waals surface area (Å²) < 4.78 is 5.66. The molecule has 110 valence electrons. The molecular formula is C17H26N2O. The van der Waals surface area contributed by atoms with Crippen molar-refractivity contribution in [2.24, 2.45) is 5.73 Å². The highest BCUT2D eigenvalue weighted by Gasteiger charge is 2.36. The lowest BCUT2D eigenvalue weighted by atomic mass is 9.88. The van der Waals surface area contributed by atoms with Crippen LogP contribution in [0.2, 0.25) is 0 Å². The number of fused-ring (bicyclic) bond motifs is 1. The van der Waals surface area contributed by atoms with Crippen molar-refractivity contribution in [3.05, 3.63) is 35.4 Å². The number of ether oxygens (including phenoxy) is 1. The summed E-state index contributed by atoms with van der Waals surface area (Å²) in [6.07, 6.45) is 5.82. The van der Waals surface area contributed by atoms with E-state index in [0.29, 0.717) is 0 Å². The van der Waals surface area contributed by atoms with E-state index < -0.39 is 0 Å². The maximum atomic E-state index is 6.21. The minimum absolute atomic E-state index is 0.147. The van der Waals surface area contributed by atoms with Gasteiger partial charge in [0.15, 0.2) is 0 Å². The van der Waals surface area contributed by atoms with Gasteiger partial charge in [-0.1, -0.05) is 24.3 Å². The van der Waals surface area contributed by atoms with E-state index in [9.17, 15) is 0 Å². The first-order valence-electron chi connectivity index (χ1n) is 7.94. The lowest BCUT2D eigenvalue weighted by molar-refractivity contribution is 0.0613. The Morgan fingerprint density at radius 3 is 2.80 bits per heavy atom. The van der Waals surface area contributed by atoms with E-state index in [1.54, 1.807) is 0 Å². The molecule has 20 heavy (non-hydrogen) atoms. The van der Waals surface area contributed by atoms with Gasteiger partial charge in [0.25, 0.3) is 0 Å². The lowest BCUT2D eigenvalue weighted by Gasteiger charge is -2.42. The quantitative estimate of drug-likeness (QED) is 0.899. The van der Waals surface area contributed by atoms with Crippen LogP contribution in [0.25, 0.3) is 0 Å². The van der Waals surface area contributed by atoms with E-state index in [-0.39, 0.29) is 5.54 Å². The van der Waals surface area contributed by atoms with Crippen LogP contribution in [0.4, 0.5) is 0 Å². The molecule has 3 nitrogen and oxygen atoms in total. The predicted octanol–water partition coefficient (Wildman–Crippen LogP) is 2.33. The average molecular weight is 274 g/mol. The standard InChI is InChI=1S/C17H26N2O/c18-14-17(8-4-11-20-12-9-17)19-10-3-7-15-5-1-2-6-16(15)13-19/h1-2,5-6H,3-4,7-14,18H2. The minimum Gasteiger partial charge on any atom is -0.381 e. The Morgan fingerprint density at radius 1 is 1.10 bits per heavy atom. The summed E-state index contributed by atoms with van der Waals surface area (Å²) in [5, 5.41) is 0. The van der Waals surface area contributed by atoms with Crippen LogP contribution in [0.15, 0.2) is 24.3 Å². The lowest BCUT2D eigenvalue weighted by Crippen LogP contribution is -2.53. The number of nitrogens with two attached hydrogens (primary N) is 1. The normalized spacial score (nSPS) is 28.4. The largest absolute Gasteiger partial charge is 0.381 e. The van der Waals surface area contributed by atoms with Crippen molar-refractivity contribution in [3.63, 3.8) is 0 Å². The summed E-state index contributed by atoms with van der Waals surface area (Å²) >= 11 is 0. The molecule has 3 heteroatoms. The number of hydrogen-bond acceptors (Lipinski definition) is 3. The Morgan fingerprint density at radius 2 is 1.95 bits per heavy atom. The second-order valence-electron chi connectivity index (χ2n) is 6.19. The summed E-state index contributed by atoms with van der Waals surface area (Å²) in [7, 11) is 0. The molecule has 2 heterocycles. The highest BCUT2D eigenvalue weighted by molar-refractivity contribution is 5.28. The summed E-state index contributed by atoms with van der Waals surface area (Å²) in [6.45, 7) is 4.71. The van der Waals surface area contributed by atoms with Crippen LogP contribution in [0.1, 0.15) is 36.8 Å². The topological polar surface area (TPSA) is 38.5 Å². The molecule has 1 fully saturated rings. The fraction of sp³-hybridized carbons (Fsp3) is 0.647. The first kappa shape index (κ1) is 14.1. The number of nitrogens with zero attached hydrogens (tertiary/aromatic N) is 1. The molecule has 2 aliphatic rings. The monoisotopic (exact) mass is 274 g/mol. The van der Waals surface area contributed by atoms with Gasteiger partial charge in [0.2, 0.25) is 0 Å². The van der Waals surface area contributed by atoms with Crippen LogP contribution in [0, 0.1) is 0 Å². The van der Waals surface area contributed by atoms with Gasteiger partial charge >= 0.3 is 0 Å². The highest BCUT2D eigenvalue weighted by Crippen LogP contribution is 2.31. The van der Waals surface area contributed by atoms with Crippen LogP contribution < -0.4 is 5.73 Å². The van der Waals surface area contributed by atoms with E-state index in [1.165, 1.54) is 30.4 Å². The maximum Gasteiger partial charge on any atom is 0.0484 e. The summed E-state index contributed by atoms with van der Waals surface area (Å²) in [5.74, 6) is 0. The number of rotatable bonds is 2. The fourth-order valence-corrected chi connectivity index (χ4v) is 3.75. The van der Waals surface area contributed by atoms with Gasteiger partial charge in [0.1, 0.15) is 0 Å². The van der Waals surface area contributed by atoms with Gasteiger partial charge in [-0.15, -0.1) is 0 Å². The molecule has 0 radical (unpaired) electrons. The van der Waals surface area contributed by atoms with Crippen LogP contribution in [-0.2, 0) is 17.7 Å². The van der Waals surface area contributed by atoms with Crippen molar-refractivity contribution < 1.29 is 4.74 Å². The van der Waals surface area contributed by atoms with E-state index in [0.717, 1.165) is 45.7 Å². The molecule has 1 aromatic carbocycles. The van der Waals surface area contributed by atoms with Crippen LogP contribution in [0.5, 0.6) is 0 Å². The molecule has 0 bridgehead atoms. The molecule has 3 rings (SSSR count). The molecule has 1 saturated heterocycles. The zero-order valence-corrected chi connectivity index (χ0v) is 12.3. The summed E-state index contributed by atoms with van der Waals surface area (Å²) in [6, 6.07) is 8.88. The molecule has 1 aromatic rings. The molecule has 0 saturated carbocycles. The van der Waals surface area contributed by atoms with Gasteiger partial charge < -0.3 is 10.5 Å². The molecule has 0 amide bonds. The first-order valence-corrected chi connectivity index (χ1v) is 7.94. The third-order valence-electron chi connectivity index (χ3n) is 5.05. The third-order valence-corrected chi connectivity index (χ3v) is 5.05. The van der Waals surface area contributed by atoms with Crippen molar-refractivity contribution >= 4 is 0 Å². The van der Waals surface area contributed by atoms with Gasteiger partial charge in [0, 0.05) is 31.8 Å². The molecule has 0 aliphatic carbocycles. The van der Waals surface area contributed by atoms with E-state index in [4.69, 9.17) is 10.5 Å². The minimum atomic E-state index is 0.147. The Balaban J connectivity index is 1.84. The zero-order valence-electron chi connectivity index (χ0n) is 12.3. The first-order chi connectivity index (χ1) is 9.84. The third kappa shape index (κ3) is 2.76. The van der Waals surface area contributed by atoms with Gasteiger partial charge in [-0.05, 0) is 49.8 Å². The molecule has 0 spiro atoms. The van der Waals surface area contributed by atoms with Crippen LogP contribution in [0.3, 0.4) is 0 Å². The van der Waals surface area contributed by atoms with Crippen LogP contribution in [-0.4, -0.2) is 36.7 Å². The second kappa shape index (κ2) is 6.25. The molecule has 0 aromatic heterocycles. The van der Waals surface area contributed by atoms with E-state index in [1.807, 2.05) is 0 Å². The molecule has 1 atom stereocenters. The second-order valence-corrected chi connectivity index (χ2v) is 6.19. The Kier molecular flexibility index (Phi) is 4.39. The van der Waals surface area contributed by atoms with Gasteiger partial charge in [-0.3, -0.25) is 4.90 Å². The van der Waals surface area contributed by atoms with Crippen molar-refractivity contribution in [3.8, 4) is 0 Å². The maximum absolute atomic E-state index is 6.21. The van der Waals surface area contributed by atoms with Crippen LogP contribution >= 0.6 is 0 Å². The summed E-state index contributed by atoms with van der Waals surface area (Å²) in [4.78, 5) is 2.65. The highest BCUT2D eigenvalue weighted by atomic mass is 16.5. The Hall–Kier alpha value is -0.900. The molecule has 2 aliphatic heterocycles. The van der Waals surface area contributed by atoms with Gasteiger partial charge in [-0.25, -0.2) is 0 Å². The Bertz CT molecular complexity index is 438. The fourth-order valence-electron chi connectivity index (χ4n) is 3.75. The molecule has 1 unspecified atom stereocenters. The van der Waals surface area contributed by atoms with Crippen molar-refractivity contribution in [2.45, 2.75) is 44.2 Å². The molecular weight excluding hydrogens is 248 g/mol. The predicted molar refractivity (Wildman–Crippen MR) is 81.6 cm³/mol.